The van der Waals surface area contributed by atoms with Crippen LogP contribution in [0, 0.1) is 11.3 Å². The van der Waals surface area contributed by atoms with E-state index >= 15 is 0 Å². The minimum Gasteiger partial charge on any atom is -0.311 e. The smallest absolute Gasteiger partial charge is 0.252 e. The molecule has 6 nitrogen and oxygen atoms in total. The van der Waals surface area contributed by atoms with Gasteiger partial charge in [-0.1, -0.05) is 316 Å². The minimum absolute atomic E-state index is 0.104. The molecule has 0 N–H and O–H groups in total. The molecule has 8 heteroatoms. The van der Waals surface area contributed by atoms with E-state index in [0.29, 0.717) is 5.56 Å². The lowest BCUT2D eigenvalue weighted by atomic mass is 9.33. The van der Waals surface area contributed by atoms with Crippen molar-refractivity contribution < 1.29 is 0 Å². The van der Waals surface area contributed by atoms with Crippen molar-refractivity contribution in [3.8, 4) is 78.8 Å². The van der Waals surface area contributed by atoms with E-state index in [1.807, 2.05) is 17.4 Å². The fourth-order valence-corrected chi connectivity index (χ4v) is 22.5. The molecule has 0 bridgehead atoms. The van der Waals surface area contributed by atoms with E-state index in [9.17, 15) is 5.26 Å². The highest BCUT2D eigenvalue weighted by molar-refractivity contribution is 7.25. The SMILES string of the molecule is CC(C)(C)c1cc(-c2ccccc2)c(N2c3cc(-n4c5ccc(C(C)(C)C)cc5c5cc(C(C)(C)C)ccc54)ccc3B3c4ccc(-c5c(-c6ccc7c(c6)sc6ccccc67)cccc5-n5c6ccc(C(C)(C)C)cc6c6cc(C(C)(C)C)ccc65)cc4N(c4ccccc4-c4ccccc4)c4cc(-n5c6ccccc6c6cc(C#N)ccc65)cc2c43)c(-c2ccccc2)c1. The van der Waals surface area contributed by atoms with Gasteiger partial charge in [-0.15, -0.1) is 11.3 Å². The Morgan fingerprint density at radius 2 is 0.672 bits per heavy atom. The largest absolute Gasteiger partial charge is 0.311 e. The number of rotatable bonds is 10. The van der Waals surface area contributed by atoms with Crippen LogP contribution in [-0.4, -0.2) is 20.4 Å². The lowest BCUT2D eigenvalue weighted by Crippen LogP contribution is -2.61. The fourth-order valence-electron chi connectivity index (χ4n) is 21.3. The van der Waals surface area contributed by atoms with Crippen LogP contribution in [0.1, 0.15) is 137 Å². The van der Waals surface area contributed by atoms with Crippen LogP contribution in [-0.2, 0) is 27.1 Å². The predicted octanol–water partition coefficient (Wildman–Crippen LogP) is 32.1. The standard InChI is InChI=1S/C123H103BN6S/c1-119(2,3)81-49-58-105-96(65-81)97-66-82(120(4,5)6)50-59-106(97)126(105)86-53-56-101-111(71-86)130(118-93(77-34-21-17-22-35-77)69-85(123(13,14)15)70-94(118)78-36-23-18-24-37-78)113-73-87(127-103-43-29-26-39-90(103)95-62-75(74-125)46-57-104(95)127)72-112-117(113)124(101)100-55-48-80(63-110(100)129(112)102-42-28-25-38-88(102)76-32-19-16-20-33-76)116-89(79-47-54-92-91-40-27-30-45-114(91)131-115(92)64-79)41-31-44-109(116)128-107-60-51-83(121(7,8)9)67-98(107)99-68-84(122(10,11)12)52-61-108(99)128/h16-73H,1-15H3. The van der Waals surface area contributed by atoms with Crippen LogP contribution >= 0.6 is 11.3 Å². The molecule has 131 heavy (non-hydrogen) atoms. The molecule has 0 saturated heterocycles. The van der Waals surface area contributed by atoms with Gasteiger partial charge in [-0.2, -0.15) is 5.26 Å². The van der Waals surface area contributed by atoms with Crippen molar-refractivity contribution >= 4 is 154 Å². The van der Waals surface area contributed by atoms with Crippen molar-refractivity contribution in [2.75, 3.05) is 9.80 Å². The summed E-state index contributed by atoms with van der Waals surface area (Å²) in [5.41, 5.74) is 37.2. The molecule has 21 aromatic rings. The van der Waals surface area contributed by atoms with Gasteiger partial charge in [-0.05, 0) is 244 Å². The Kier molecular flexibility index (Phi) is 18.4. The van der Waals surface area contributed by atoms with E-state index in [2.05, 4.69) is 479 Å². The predicted molar refractivity (Wildman–Crippen MR) is 562 cm³/mol. The molecule has 0 fully saturated rings. The quantitative estimate of drug-likeness (QED) is 0.128. The van der Waals surface area contributed by atoms with Crippen LogP contribution in [0.2, 0.25) is 0 Å². The van der Waals surface area contributed by atoms with Gasteiger partial charge in [-0.3, -0.25) is 0 Å². The number of hydrogen-bond acceptors (Lipinski definition) is 4. The Balaban J connectivity index is 0.893. The van der Waals surface area contributed by atoms with E-state index in [1.165, 1.54) is 85.9 Å². The summed E-state index contributed by atoms with van der Waals surface area (Å²) < 4.78 is 10.2. The van der Waals surface area contributed by atoms with Gasteiger partial charge in [0.1, 0.15) is 0 Å². The number of benzene rings is 17. The second-order valence-electron chi connectivity index (χ2n) is 41.6. The molecule has 0 unspecified atom stereocenters. The molecule has 0 atom stereocenters. The van der Waals surface area contributed by atoms with E-state index in [1.54, 1.807) is 0 Å². The summed E-state index contributed by atoms with van der Waals surface area (Å²) in [5, 5.41) is 20.4. The van der Waals surface area contributed by atoms with E-state index in [4.69, 9.17) is 0 Å². The summed E-state index contributed by atoms with van der Waals surface area (Å²) in [6.45, 7) is 34.7. The molecule has 23 rings (SSSR count). The highest BCUT2D eigenvalue weighted by atomic mass is 32.1. The van der Waals surface area contributed by atoms with Crippen molar-refractivity contribution in [1.29, 1.82) is 5.26 Å². The van der Waals surface area contributed by atoms with Crippen molar-refractivity contribution in [3.63, 3.8) is 0 Å². The second-order valence-corrected chi connectivity index (χ2v) is 42.7. The zero-order valence-electron chi connectivity index (χ0n) is 77.2. The Morgan fingerprint density at radius 3 is 1.23 bits per heavy atom. The van der Waals surface area contributed by atoms with Crippen LogP contribution in [0.25, 0.3) is 158 Å². The van der Waals surface area contributed by atoms with Crippen molar-refractivity contribution in [1.82, 2.24) is 13.7 Å². The van der Waals surface area contributed by atoms with Gasteiger partial charge in [-0.25, -0.2) is 0 Å². The molecule has 17 aromatic carbocycles. The second kappa shape index (κ2) is 29.8. The number of aromatic nitrogens is 3. The van der Waals surface area contributed by atoms with Crippen LogP contribution in [0.4, 0.5) is 34.1 Å². The Labute approximate surface area is 772 Å². The Morgan fingerprint density at radius 1 is 0.252 bits per heavy atom. The first kappa shape index (κ1) is 81.0. The number of anilines is 6. The molecule has 0 spiro atoms. The van der Waals surface area contributed by atoms with Crippen LogP contribution in [0.3, 0.4) is 0 Å². The summed E-state index contributed by atoms with van der Waals surface area (Å²) in [5.74, 6) is 0. The lowest BCUT2D eigenvalue weighted by Gasteiger charge is -2.46. The Hall–Kier alpha value is -14.5. The molecule has 2 aliphatic heterocycles. The summed E-state index contributed by atoms with van der Waals surface area (Å²) in [7, 11) is 0. The van der Waals surface area contributed by atoms with Crippen molar-refractivity contribution in [2.45, 2.75) is 131 Å². The number of nitriles is 1. The van der Waals surface area contributed by atoms with E-state index in [0.717, 1.165) is 151 Å². The Bertz CT molecular complexity index is 8180. The van der Waals surface area contributed by atoms with Gasteiger partial charge < -0.3 is 23.5 Å². The number of thiophene rings is 1. The molecule has 0 radical (unpaired) electrons. The summed E-state index contributed by atoms with van der Waals surface area (Å²) in [6, 6.07) is 138. The average Bonchev–Trinajstić information content (AvgIpc) is 1.23. The summed E-state index contributed by atoms with van der Waals surface area (Å²) in [4.78, 5) is 5.39. The molecule has 4 aromatic heterocycles. The minimum atomic E-state index is -0.373. The maximum absolute atomic E-state index is 10.9. The van der Waals surface area contributed by atoms with Gasteiger partial charge in [0.15, 0.2) is 0 Å². The highest BCUT2D eigenvalue weighted by Crippen LogP contribution is 2.56. The summed E-state index contributed by atoms with van der Waals surface area (Å²) in [6.07, 6.45) is 0. The van der Waals surface area contributed by atoms with Gasteiger partial charge in [0.2, 0.25) is 0 Å². The van der Waals surface area contributed by atoms with Gasteiger partial charge in [0.05, 0.1) is 67.5 Å². The number of nitrogens with zero attached hydrogens (tertiary/aromatic N) is 6. The molecular formula is C123H103BN6S. The molecular weight excluding hydrogens is 1600 g/mol. The van der Waals surface area contributed by atoms with Gasteiger partial charge in [0, 0.05) is 103 Å². The normalized spacial score (nSPS) is 13.1. The number of hydrogen-bond donors (Lipinski definition) is 0. The molecule has 0 aliphatic carbocycles. The monoisotopic (exact) mass is 1710 g/mol. The van der Waals surface area contributed by atoms with Crippen molar-refractivity contribution in [2.24, 2.45) is 0 Å². The fraction of sp³-hybridized carbons (Fsp3) is 0.163. The third-order valence-corrected chi connectivity index (χ3v) is 29.3. The number of para-hydroxylation sites is 2. The zero-order valence-corrected chi connectivity index (χ0v) is 78.0. The van der Waals surface area contributed by atoms with Gasteiger partial charge in [0.25, 0.3) is 6.71 Å². The van der Waals surface area contributed by atoms with E-state index in [-0.39, 0.29) is 33.8 Å². The van der Waals surface area contributed by atoms with Crippen molar-refractivity contribution in [3.05, 3.63) is 385 Å². The highest BCUT2D eigenvalue weighted by Gasteiger charge is 2.46. The van der Waals surface area contributed by atoms with Gasteiger partial charge >= 0.3 is 0 Å². The summed E-state index contributed by atoms with van der Waals surface area (Å²) >= 11 is 1.87. The maximum atomic E-state index is 10.9. The molecule has 634 valence electrons. The first-order chi connectivity index (χ1) is 63.1. The topological polar surface area (TPSA) is 45.1 Å². The van der Waals surface area contributed by atoms with Crippen LogP contribution < -0.4 is 26.2 Å². The van der Waals surface area contributed by atoms with E-state index < -0.39 is 0 Å². The zero-order chi connectivity index (χ0) is 89.8. The molecule has 6 heterocycles. The van der Waals surface area contributed by atoms with Crippen LogP contribution in [0.5, 0.6) is 0 Å². The first-order valence-corrected chi connectivity index (χ1v) is 47.1. The molecule has 0 saturated carbocycles. The van der Waals surface area contributed by atoms with Crippen LogP contribution in [0.15, 0.2) is 352 Å². The molecule has 0 amide bonds. The third kappa shape index (κ3) is 13.1. The lowest BCUT2D eigenvalue weighted by molar-refractivity contribution is 0.590. The first-order valence-electron chi connectivity index (χ1n) is 46.3. The number of fused-ring (bicyclic) bond motifs is 16. The molecule has 2 aliphatic rings. The average molecular weight is 1710 g/mol. The third-order valence-electron chi connectivity index (χ3n) is 28.2. The maximum Gasteiger partial charge on any atom is 0.252 e.